The molecule has 0 saturated carbocycles. The predicted molar refractivity (Wildman–Crippen MR) is 71.3 cm³/mol. The highest BCUT2D eigenvalue weighted by Gasteiger charge is 2.24. The molecule has 0 rings (SSSR count). The minimum atomic E-state index is -1.33. The summed E-state index contributed by atoms with van der Waals surface area (Å²) in [4.78, 5) is 42.9. The molecule has 0 aliphatic heterocycles. The summed E-state index contributed by atoms with van der Waals surface area (Å²) in [6.45, 7) is -0.654. The molecule has 8 N–H and O–H groups in total. The first-order valence-electron chi connectivity index (χ1n) is 6.27. The van der Waals surface area contributed by atoms with Crippen LogP contribution in [0.4, 0.5) is 0 Å². The largest absolute Gasteiger partial charge is 0.481 e. The molecule has 0 amide bonds. The van der Waals surface area contributed by atoms with Crippen molar-refractivity contribution in [2.75, 3.05) is 13.1 Å². The zero-order valence-electron chi connectivity index (χ0n) is 11.6. The van der Waals surface area contributed by atoms with Gasteiger partial charge >= 0.3 is 23.9 Å². The predicted octanol–water partition coefficient (Wildman–Crippen LogP) is -2.65. The lowest BCUT2D eigenvalue weighted by Gasteiger charge is -2.19. The van der Waals surface area contributed by atoms with Crippen molar-refractivity contribution in [2.45, 2.75) is 31.0 Å². The maximum absolute atomic E-state index is 11.0. The Morgan fingerprint density at radius 1 is 0.818 bits per heavy atom. The van der Waals surface area contributed by atoms with Gasteiger partial charge < -0.3 is 36.8 Å². The van der Waals surface area contributed by atoms with Crippen LogP contribution in [0.3, 0.4) is 0 Å². The molecule has 0 saturated heterocycles. The first-order valence-corrected chi connectivity index (χ1v) is 6.27. The second kappa shape index (κ2) is 9.65. The van der Waals surface area contributed by atoms with E-state index in [2.05, 4.69) is 10.6 Å². The van der Waals surface area contributed by atoms with Crippen molar-refractivity contribution >= 4 is 23.9 Å². The second-order valence-electron chi connectivity index (χ2n) is 4.48. The average molecular weight is 321 g/mol. The maximum atomic E-state index is 11.0. The van der Waals surface area contributed by atoms with Gasteiger partial charge in [0, 0.05) is 19.5 Å². The highest BCUT2D eigenvalue weighted by atomic mass is 16.4. The lowest BCUT2D eigenvalue weighted by atomic mass is 10.1. The Kier molecular flexibility index (Phi) is 8.67. The molecule has 0 heterocycles. The second-order valence-corrected chi connectivity index (χ2v) is 4.48. The number of carboxylic acid groups (broad SMARTS) is 4. The van der Waals surface area contributed by atoms with Crippen LogP contribution in [0.1, 0.15) is 12.8 Å². The smallest absolute Gasteiger partial charge is 0.322 e. The number of hydrogen-bond donors (Lipinski definition) is 7. The molecule has 22 heavy (non-hydrogen) atoms. The molecule has 0 spiro atoms. The van der Waals surface area contributed by atoms with Crippen molar-refractivity contribution < 1.29 is 39.6 Å². The van der Waals surface area contributed by atoms with Crippen molar-refractivity contribution in [2.24, 2.45) is 5.73 Å². The van der Waals surface area contributed by atoms with E-state index in [9.17, 15) is 19.2 Å². The van der Waals surface area contributed by atoms with E-state index in [-0.39, 0.29) is 25.9 Å². The Morgan fingerprint density at radius 2 is 1.32 bits per heavy atom. The molecule has 0 unspecified atom stereocenters. The van der Waals surface area contributed by atoms with Crippen molar-refractivity contribution in [1.82, 2.24) is 10.6 Å². The van der Waals surface area contributed by atoms with Gasteiger partial charge in [-0.3, -0.25) is 19.2 Å². The molecule has 0 aromatic carbocycles. The van der Waals surface area contributed by atoms with E-state index in [1.807, 2.05) is 0 Å². The minimum Gasteiger partial charge on any atom is -0.481 e. The van der Waals surface area contributed by atoms with Crippen molar-refractivity contribution in [3.63, 3.8) is 0 Å². The van der Waals surface area contributed by atoms with Crippen LogP contribution in [0, 0.1) is 0 Å². The van der Waals surface area contributed by atoms with Gasteiger partial charge in [0.15, 0.2) is 0 Å². The van der Waals surface area contributed by atoms with Crippen LogP contribution in [0.2, 0.25) is 0 Å². The van der Waals surface area contributed by atoms with Crippen molar-refractivity contribution in [1.29, 1.82) is 0 Å². The minimum absolute atomic E-state index is 0.217. The van der Waals surface area contributed by atoms with Gasteiger partial charge in [-0.15, -0.1) is 0 Å². The molecule has 11 nitrogen and oxygen atoms in total. The number of rotatable bonds is 12. The summed E-state index contributed by atoms with van der Waals surface area (Å²) in [6.07, 6.45) is -0.606. The fourth-order valence-corrected chi connectivity index (χ4v) is 1.44. The first kappa shape index (κ1) is 19.8. The highest BCUT2D eigenvalue weighted by molar-refractivity contribution is 5.76. The normalized spacial score (nSPS) is 14.8. The number of nitrogens with two attached hydrogens (primary N) is 1. The summed E-state index contributed by atoms with van der Waals surface area (Å²) in [5.41, 5.74) is 5.22. The van der Waals surface area contributed by atoms with E-state index >= 15 is 0 Å². The third-order valence-corrected chi connectivity index (χ3v) is 2.71. The molecule has 0 radical (unpaired) electrons. The molecular weight excluding hydrogens is 302 g/mol. The molecular formula is C11H19N3O8. The Balaban J connectivity index is 4.47. The molecule has 0 aromatic heterocycles. The lowest BCUT2D eigenvalue weighted by Crippen LogP contribution is -2.52. The Labute approximate surface area is 125 Å². The molecule has 0 fully saturated rings. The van der Waals surface area contributed by atoms with E-state index in [0.29, 0.717) is 0 Å². The van der Waals surface area contributed by atoms with Gasteiger partial charge in [-0.25, -0.2) is 0 Å². The Hall–Kier alpha value is -2.24. The highest BCUT2D eigenvalue weighted by Crippen LogP contribution is 1.98. The van der Waals surface area contributed by atoms with Crippen LogP contribution in [0.5, 0.6) is 0 Å². The van der Waals surface area contributed by atoms with Gasteiger partial charge in [-0.1, -0.05) is 0 Å². The van der Waals surface area contributed by atoms with E-state index in [1.54, 1.807) is 0 Å². The van der Waals surface area contributed by atoms with E-state index in [1.165, 1.54) is 0 Å². The Morgan fingerprint density at radius 3 is 1.73 bits per heavy atom. The third kappa shape index (κ3) is 8.14. The van der Waals surface area contributed by atoms with Crippen LogP contribution in [0.15, 0.2) is 0 Å². The van der Waals surface area contributed by atoms with Crippen molar-refractivity contribution in [3.05, 3.63) is 0 Å². The molecule has 11 heteroatoms. The van der Waals surface area contributed by atoms with Gasteiger partial charge in [-0.05, 0) is 6.42 Å². The number of nitrogens with one attached hydrogen (secondary N) is 2. The fraction of sp³-hybridized carbons (Fsp3) is 0.636. The molecule has 0 aromatic rings. The third-order valence-electron chi connectivity index (χ3n) is 2.71. The summed E-state index contributed by atoms with van der Waals surface area (Å²) in [5.74, 6) is -5.12. The maximum Gasteiger partial charge on any atom is 0.322 e. The first-order chi connectivity index (χ1) is 10.1. The standard InChI is InChI=1S/C11H19N3O8/c12-5(9(17)18)3-13-7(11(21)22)4-14-6(10(19)20)1-2-8(15)16/h5-7,13-14H,1-4,12H2,(H,15,16)(H,17,18)(H,19,20)(H,21,22)/t5-,6-,7-/m0/s1. The van der Waals surface area contributed by atoms with E-state index < -0.39 is 42.0 Å². The van der Waals surface area contributed by atoms with E-state index in [0.717, 1.165) is 0 Å². The van der Waals surface area contributed by atoms with Gasteiger partial charge in [0.05, 0.1) is 0 Å². The summed E-state index contributed by atoms with van der Waals surface area (Å²) >= 11 is 0. The quantitative estimate of drug-likeness (QED) is 0.198. The zero-order valence-corrected chi connectivity index (χ0v) is 11.6. The Bertz CT molecular complexity index is 428. The van der Waals surface area contributed by atoms with Crippen LogP contribution >= 0.6 is 0 Å². The van der Waals surface area contributed by atoms with Gasteiger partial charge in [0.2, 0.25) is 0 Å². The topological polar surface area (TPSA) is 199 Å². The zero-order chi connectivity index (χ0) is 17.3. The fourth-order valence-electron chi connectivity index (χ4n) is 1.44. The van der Waals surface area contributed by atoms with Crippen LogP contribution in [-0.4, -0.2) is 75.5 Å². The monoisotopic (exact) mass is 321 g/mol. The van der Waals surface area contributed by atoms with E-state index in [4.69, 9.17) is 26.2 Å². The lowest BCUT2D eigenvalue weighted by molar-refractivity contribution is -0.143. The molecule has 0 aliphatic carbocycles. The SMILES string of the molecule is N[C@@H](CN[C@@H](CN[C@@H](CCC(=O)O)C(=O)O)C(=O)O)C(=O)O. The average Bonchev–Trinajstić information content (AvgIpc) is 2.39. The van der Waals surface area contributed by atoms with Crippen LogP contribution < -0.4 is 16.4 Å². The molecule has 0 bridgehead atoms. The van der Waals surface area contributed by atoms with Gasteiger partial charge in [0.1, 0.15) is 18.1 Å². The number of aliphatic carboxylic acids is 4. The summed E-state index contributed by atoms with van der Waals surface area (Å²) in [7, 11) is 0. The molecule has 126 valence electrons. The summed E-state index contributed by atoms with van der Waals surface area (Å²) < 4.78 is 0. The summed E-state index contributed by atoms with van der Waals surface area (Å²) in [5, 5.41) is 39.8. The molecule has 3 atom stereocenters. The van der Waals surface area contributed by atoms with Gasteiger partial charge in [0.25, 0.3) is 0 Å². The van der Waals surface area contributed by atoms with Crippen molar-refractivity contribution in [3.8, 4) is 0 Å². The summed E-state index contributed by atoms with van der Waals surface area (Å²) in [6, 6.07) is -3.80. The van der Waals surface area contributed by atoms with Crippen LogP contribution in [0.25, 0.3) is 0 Å². The van der Waals surface area contributed by atoms with Gasteiger partial charge in [-0.2, -0.15) is 0 Å². The number of carbonyl (C=O) groups is 4. The molecule has 0 aliphatic rings. The number of carboxylic acids is 4. The number of hydrogen-bond acceptors (Lipinski definition) is 7. The van der Waals surface area contributed by atoms with Crippen LogP contribution in [-0.2, 0) is 19.2 Å².